The van der Waals surface area contributed by atoms with Crippen molar-refractivity contribution in [2.75, 3.05) is 20.8 Å². The molecule has 24 heavy (non-hydrogen) atoms. The number of benzene rings is 2. The molecule has 3 nitrogen and oxygen atoms in total. The summed E-state index contributed by atoms with van der Waals surface area (Å²) in [6, 6.07) is 16.4. The zero-order valence-corrected chi connectivity index (χ0v) is 14.9. The third-order valence-corrected chi connectivity index (χ3v) is 4.15. The highest BCUT2D eigenvalue weighted by atomic mass is 16.5. The summed E-state index contributed by atoms with van der Waals surface area (Å²) in [5.41, 5.74) is 2.39. The molecule has 0 N–H and O–H groups in total. The molecule has 0 aliphatic rings. The second-order valence-electron chi connectivity index (χ2n) is 5.86. The summed E-state index contributed by atoms with van der Waals surface area (Å²) < 4.78 is 10.8. The fourth-order valence-electron chi connectivity index (χ4n) is 2.75. The largest absolute Gasteiger partial charge is 0.493 e. The van der Waals surface area contributed by atoms with Gasteiger partial charge in [-0.25, -0.2) is 0 Å². The maximum Gasteiger partial charge on any atom is 0.160 e. The highest BCUT2D eigenvalue weighted by Crippen LogP contribution is 2.32. The lowest BCUT2D eigenvalue weighted by molar-refractivity contribution is 0.354. The lowest BCUT2D eigenvalue weighted by Crippen LogP contribution is -2.04. The van der Waals surface area contributed by atoms with Crippen LogP contribution in [-0.2, 0) is 0 Å². The first-order valence-corrected chi connectivity index (χ1v) is 8.55. The van der Waals surface area contributed by atoms with E-state index in [1.807, 2.05) is 30.5 Å². The van der Waals surface area contributed by atoms with Gasteiger partial charge in [-0.2, -0.15) is 0 Å². The van der Waals surface area contributed by atoms with Crippen LogP contribution < -0.4 is 9.47 Å². The maximum atomic E-state index is 5.44. The number of ether oxygens (including phenoxy) is 2. The van der Waals surface area contributed by atoms with Crippen molar-refractivity contribution in [3.8, 4) is 11.5 Å². The Morgan fingerprint density at radius 3 is 2.42 bits per heavy atom. The van der Waals surface area contributed by atoms with Crippen LogP contribution in [0.3, 0.4) is 0 Å². The van der Waals surface area contributed by atoms with Crippen LogP contribution in [0.5, 0.6) is 11.5 Å². The van der Waals surface area contributed by atoms with Gasteiger partial charge in [0.15, 0.2) is 11.5 Å². The molecule has 0 saturated carbocycles. The van der Waals surface area contributed by atoms with Gasteiger partial charge < -0.3 is 9.47 Å². The van der Waals surface area contributed by atoms with Crippen LogP contribution in [0.15, 0.2) is 53.5 Å². The van der Waals surface area contributed by atoms with E-state index in [0.717, 1.165) is 30.0 Å². The van der Waals surface area contributed by atoms with Crippen LogP contribution in [0.1, 0.15) is 43.2 Å². The molecule has 0 spiro atoms. The molecule has 128 valence electrons. The first kappa shape index (κ1) is 18.1. The molecule has 0 aromatic heterocycles. The highest BCUT2D eigenvalue weighted by Gasteiger charge is 2.13. The van der Waals surface area contributed by atoms with E-state index in [1.54, 1.807) is 14.2 Å². The average Bonchev–Trinajstić information content (AvgIpc) is 2.64. The summed E-state index contributed by atoms with van der Waals surface area (Å²) in [7, 11) is 3.34. The number of hydrogen-bond donors (Lipinski definition) is 0. The number of methoxy groups -OCH3 is 2. The number of rotatable bonds is 9. The summed E-state index contributed by atoms with van der Waals surface area (Å²) in [6.07, 6.45) is 5.46. The van der Waals surface area contributed by atoms with Crippen LogP contribution in [-0.4, -0.2) is 27.0 Å². The summed E-state index contributed by atoms with van der Waals surface area (Å²) in [4.78, 5) is 4.67. The fourth-order valence-corrected chi connectivity index (χ4v) is 2.75. The number of nitrogens with zero attached hydrogens (tertiary/aromatic N) is 1. The van der Waals surface area contributed by atoms with Crippen molar-refractivity contribution in [2.24, 2.45) is 4.99 Å². The molecule has 0 fully saturated rings. The number of aliphatic imine (C=N–C) groups is 1. The standard InChI is InChI=1S/C21H27NO2/c1-4-5-11-19(16-22-15-17-9-7-6-8-10-17)18-12-13-20(23-2)21(14-18)24-3/h6-10,12-15,19H,4-5,11,16H2,1-3H3/t19-/m0/s1. The van der Waals surface area contributed by atoms with Crippen LogP contribution in [0.2, 0.25) is 0 Å². The van der Waals surface area contributed by atoms with Gasteiger partial charge in [-0.3, -0.25) is 4.99 Å². The maximum absolute atomic E-state index is 5.44. The molecule has 0 amide bonds. The normalized spacial score (nSPS) is 12.3. The summed E-state index contributed by atoms with van der Waals surface area (Å²) in [5, 5.41) is 0. The second-order valence-corrected chi connectivity index (χ2v) is 5.86. The van der Waals surface area contributed by atoms with Gasteiger partial charge in [0.05, 0.1) is 14.2 Å². The van der Waals surface area contributed by atoms with Crippen LogP contribution >= 0.6 is 0 Å². The van der Waals surface area contributed by atoms with E-state index < -0.39 is 0 Å². The molecule has 0 aliphatic heterocycles. The van der Waals surface area contributed by atoms with Crippen molar-refractivity contribution in [3.63, 3.8) is 0 Å². The average molecular weight is 325 g/mol. The second kappa shape index (κ2) is 9.76. The Balaban J connectivity index is 2.14. The summed E-state index contributed by atoms with van der Waals surface area (Å²) in [6.45, 7) is 3.00. The predicted molar refractivity (Wildman–Crippen MR) is 101 cm³/mol. The van der Waals surface area contributed by atoms with Crippen molar-refractivity contribution in [1.29, 1.82) is 0 Å². The first-order valence-electron chi connectivity index (χ1n) is 8.55. The Kier molecular flexibility index (Phi) is 7.34. The minimum absolute atomic E-state index is 0.393. The van der Waals surface area contributed by atoms with E-state index in [0.29, 0.717) is 5.92 Å². The Bertz CT molecular complexity index is 638. The molecular weight excluding hydrogens is 298 g/mol. The quantitative estimate of drug-likeness (QED) is 0.601. The minimum atomic E-state index is 0.393. The molecule has 0 unspecified atom stereocenters. The smallest absolute Gasteiger partial charge is 0.160 e. The van der Waals surface area contributed by atoms with Gasteiger partial charge in [0.1, 0.15) is 0 Å². The molecular formula is C21H27NO2. The fraction of sp³-hybridized carbons (Fsp3) is 0.381. The summed E-state index contributed by atoms with van der Waals surface area (Å²) >= 11 is 0. The van der Waals surface area contributed by atoms with E-state index in [-0.39, 0.29) is 0 Å². The first-order chi connectivity index (χ1) is 11.8. The third kappa shape index (κ3) is 5.12. The SMILES string of the molecule is CCCC[C@@H](CN=Cc1ccccc1)c1ccc(OC)c(OC)c1. The van der Waals surface area contributed by atoms with E-state index >= 15 is 0 Å². The van der Waals surface area contributed by atoms with E-state index in [9.17, 15) is 0 Å². The topological polar surface area (TPSA) is 30.8 Å². The van der Waals surface area contributed by atoms with Gasteiger partial charge in [0.25, 0.3) is 0 Å². The molecule has 2 aromatic rings. The predicted octanol–water partition coefficient (Wildman–Crippen LogP) is 5.10. The van der Waals surface area contributed by atoms with Crippen molar-refractivity contribution in [3.05, 3.63) is 59.7 Å². The third-order valence-electron chi connectivity index (χ3n) is 4.15. The molecule has 3 heteroatoms. The van der Waals surface area contributed by atoms with Crippen LogP contribution in [0, 0.1) is 0 Å². The monoisotopic (exact) mass is 325 g/mol. The lowest BCUT2D eigenvalue weighted by Gasteiger charge is -2.17. The molecule has 0 heterocycles. The highest BCUT2D eigenvalue weighted by molar-refractivity contribution is 5.79. The number of hydrogen-bond acceptors (Lipinski definition) is 3. The molecule has 0 aliphatic carbocycles. The minimum Gasteiger partial charge on any atom is -0.493 e. The van der Waals surface area contributed by atoms with E-state index in [2.05, 4.69) is 36.2 Å². The molecule has 0 radical (unpaired) electrons. The van der Waals surface area contributed by atoms with Gasteiger partial charge in [-0.15, -0.1) is 0 Å². The Labute approximate surface area is 145 Å². The molecule has 0 saturated heterocycles. The Morgan fingerprint density at radius 1 is 1.00 bits per heavy atom. The van der Waals surface area contributed by atoms with Gasteiger partial charge in [0.2, 0.25) is 0 Å². The lowest BCUT2D eigenvalue weighted by atomic mass is 9.93. The molecule has 2 aromatic carbocycles. The van der Waals surface area contributed by atoms with Crippen molar-refractivity contribution < 1.29 is 9.47 Å². The van der Waals surface area contributed by atoms with Crippen LogP contribution in [0.25, 0.3) is 0 Å². The van der Waals surface area contributed by atoms with Crippen LogP contribution in [0.4, 0.5) is 0 Å². The van der Waals surface area contributed by atoms with Crippen molar-refractivity contribution >= 4 is 6.21 Å². The van der Waals surface area contributed by atoms with Gasteiger partial charge in [-0.1, -0.05) is 56.2 Å². The van der Waals surface area contributed by atoms with Crippen molar-refractivity contribution in [2.45, 2.75) is 32.1 Å². The van der Waals surface area contributed by atoms with Gasteiger partial charge in [0, 0.05) is 18.7 Å². The molecule has 1 atom stereocenters. The van der Waals surface area contributed by atoms with E-state index in [4.69, 9.17) is 9.47 Å². The zero-order valence-electron chi connectivity index (χ0n) is 14.9. The van der Waals surface area contributed by atoms with Crippen molar-refractivity contribution in [1.82, 2.24) is 0 Å². The zero-order chi connectivity index (χ0) is 17.2. The van der Waals surface area contributed by atoms with E-state index in [1.165, 1.54) is 18.4 Å². The number of unbranched alkanes of at least 4 members (excludes halogenated alkanes) is 1. The Morgan fingerprint density at radius 2 is 1.75 bits per heavy atom. The Hall–Kier alpha value is -2.29. The molecule has 0 bridgehead atoms. The molecule has 2 rings (SSSR count). The van der Waals surface area contributed by atoms with Gasteiger partial charge in [-0.05, 0) is 29.7 Å². The summed E-state index contributed by atoms with van der Waals surface area (Å²) in [5.74, 6) is 1.94. The van der Waals surface area contributed by atoms with Gasteiger partial charge >= 0.3 is 0 Å².